The van der Waals surface area contributed by atoms with Crippen LogP contribution >= 0.6 is 11.6 Å². The van der Waals surface area contributed by atoms with Crippen LogP contribution in [0.1, 0.15) is 39.9 Å². The number of rotatable bonds is 5. The zero-order chi connectivity index (χ0) is 19.0. The van der Waals surface area contributed by atoms with E-state index in [1.807, 2.05) is 0 Å². The van der Waals surface area contributed by atoms with E-state index >= 15 is 0 Å². The van der Waals surface area contributed by atoms with Crippen LogP contribution in [0.2, 0.25) is 0 Å². The van der Waals surface area contributed by atoms with Crippen molar-refractivity contribution in [2.75, 3.05) is 19.2 Å². The van der Waals surface area contributed by atoms with E-state index in [1.54, 1.807) is 47.4 Å². The zero-order valence-corrected chi connectivity index (χ0v) is 15.2. The van der Waals surface area contributed by atoms with Crippen molar-refractivity contribution in [3.8, 4) is 11.5 Å². The van der Waals surface area contributed by atoms with Gasteiger partial charge in [-0.3, -0.25) is 9.59 Å². The molecule has 0 bridgehead atoms. The lowest BCUT2D eigenvalue weighted by atomic mass is 9.79. The molecule has 0 aliphatic carbocycles. The zero-order valence-electron chi connectivity index (χ0n) is 14.4. The van der Waals surface area contributed by atoms with Gasteiger partial charge in [-0.1, -0.05) is 24.3 Å². The molecule has 27 heavy (non-hydrogen) atoms. The molecule has 1 N–H and O–H groups in total. The van der Waals surface area contributed by atoms with Gasteiger partial charge in [0.05, 0.1) is 6.04 Å². The highest BCUT2D eigenvalue weighted by atomic mass is 35.5. The fraction of sp³-hybridized carbons (Fsp3) is 0.300. The Hall–Kier alpha value is -2.73. The van der Waals surface area contributed by atoms with Crippen molar-refractivity contribution in [2.24, 2.45) is 0 Å². The lowest BCUT2D eigenvalue weighted by molar-refractivity contribution is -0.140. The first kappa shape index (κ1) is 17.7. The summed E-state index contributed by atoms with van der Waals surface area (Å²) in [6.45, 7) is 0.503. The Kier molecular flexibility index (Phi) is 4.66. The molecule has 2 aromatic rings. The van der Waals surface area contributed by atoms with Crippen LogP contribution in [0, 0.1) is 0 Å². The third kappa shape index (κ3) is 3.00. The molecule has 0 saturated heterocycles. The third-order valence-corrected chi connectivity index (χ3v) is 5.24. The average molecular weight is 388 g/mol. The summed E-state index contributed by atoms with van der Waals surface area (Å²) in [5.41, 5.74) is 1.65. The summed E-state index contributed by atoms with van der Waals surface area (Å²) in [5, 5.41) is 10.0. The number of amides is 1. The Morgan fingerprint density at radius 2 is 1.96 bits per heavy atom. The second-order valence-corrected chi connectivity index (χ2v) is 6.88. The van der Waals surface area contributed by atoms with E-state index < -0.39 is 17.9 Å². The Morgan fingerprint density at radius 3 is 2.74 bits per heavy atom. The fourth-order valence-corrected chi connectivity index (χ4v) is 3.92. The summed E-state index contributed by atoms with van der Waals surface area (Å²) in [5.74, 6) is -0.489. The standard InChI is InChI=1S/C20H18ClNO5/c21-8-3-9-22-18(12-6-7-15-16(10-12)27-11-26-15)17(20(24)25)13-4-1-2-5-14(13)19(22)23/h1-2,4-7,10,17-18H,3,8-9,11H2,(H,24,25). The quantitative estimate of drug-likeness (QED) is 0.795. The monoisotopic (exact) mass is 387 g/mol. The summed E-state index contributed by atoms with van der Waals surface area (Å²) in [4.78, 5) is 27.0. The Balaban J connectivity index is 1.86. The third-order valence-electron chi connectivity index (χ3n) is 4.98. The number of carbonyl (C=O) groups is 2. The number of alkyl halides is 1. The van der Waals surface area contributed by atoms with E-state index in [0.29, 0.717) is 47.0 Å². The number of benzene rings is 2. The van der Waals surface area contributed by atoms with Gasteiger partial charge in [0, 0.05) is 18.0 Å². The molecule has 2 atom stereocenters. The second-order valence-electron chi connectivity index (χ2n) is 6.50. The number of halogens is 1. The summed E-state index contributed by atoms with van der Waals surface area (Å²) < 4.78 is 10.8. The average Bonchev–Trinajstić information content (AvgIpc) is 3.14. The van der Waals surface area contributed by atoms with Crippen LogP contribution in [-0.4, -0.2) is 41.1 Å². The highest BCUT2D eigenvalue weighted by molar-refractivity contribution is 6.17. The van der Waals surface area contributed by atoms with Crippen LogP contribution in [0.4, 0.5) is 0 Å². The first-order chi connectivity index (χ1) is 13.1. The van der Waals surface area contributed by atoms with Gasteiger partial charge in [0.25, 0.3) is 5.91 Å². The molecule has 2 unspecified atom stereocenters. The molecule has 2 aliphatic heterocycles. The van der Waals surface area contributed by atoms with Crippen LogP contribution in [-0.2, 0) is 4.79 Å². The number of carboxylic acids is 1. The lowest BCUT2D eigenvalue weighted by Gasteiger charge is -2.40. The highest BCUT2D eigenvalue weighted by Crippen LogP contribution is 2.45. The van der Waals surface area contributed by atoms with Gasteiger partial charge in [0.15, 0.2) is 11.5 Å². The number of ether oxygens (including phenoxy) is 2. The normalized spacial score (nSPS) is 20.5. The number of carbonyl (C=O) groups excluding carboxylic acids is 1. The molecule has 2 aliphatic rings. The molecule has 0 spiro atoms. The van der Waals surface area contributed by atoms with Crippen molar-refractivity contribution in [2.45, 2.75) is 18.4 Å². The predicted octanol–water partition coefficient (Wildman–Crippen LogP) is 3.41. The molecular formula is C20H18ClNO5. The molecular weight excluding hydrogens is 370 g/mol. The van der Waals surface area contributed by atoms with E-state index in [-0.39, 0.29) is 12.7 Å². The number of hydrogen-bond donors (Lipinski definition) is 1. The smallest absolute Gasteiger partial charge is 0.313 e. The van der Waals surface area contributed by atoms with E-state index in [1.165, 1.54) is 0 Å². The van der Waals surface area contributed by atoms with Crippen LogP contribution in [0.3, 0.4) is 0 Å². The SMILES string of the molecule is O=C(O)C1c2ccccc2C(=O)N(CCCCl)C1c1ccc2c(c1)OCO2. The fourth-order valence-electron chi connectivity index (χ4n) is 3.80. The molecule has 0 aromatic heterocycles. The van der Waals surface area contributed by atoms with Gasteiger partial charge in [-0.2, -0.15) is 0 Å². The first-order valence-electron chi connectivity index (χ1n) is 8.70. The van der Waals surface area contributed by atoms with Gasteiger partial charge in [-0.15, -0.1) is 11.6 Å². The lowest BCUT2D eigenvalue weighted by Crippen LogP contribution is -2.45. The Morgan fingerprint density at radius 1 is 1.19 bits per heavy atom. The molecule has 1 amide bonds. The van der Waals surface area contributed by atoms with Crippen molar-refractivity contribution in [1.82, 2.24) is 4.90 Å². The highest BCUT2D eigenvalue weighted by Gasteiger charge is 2.44. The van der Waals surface area contributed by atoms with Gasteiger partial charge in [0.1, 0.15) is 5.92 Å². The maximum absolute atomic E-state index is 13.1. The number of aliphatic carboxylic acids is 1. The molecule has 2 heterocycles. The van der Waals surface area contributed by atoms with Crippen LogP contribution in [0.15, 0.2) is 42.5 Å². The topological polar surface area (TPSA) is 76.1 Å². The minimum absolute atomic E-state index is 0.129. The molecule has 0 saturated carbocycles. The summed E-state index contributed by atoms with van der Waals surface area (Å²) in [6, 6.07) is 11.6. The maximum Gasteiger partial charge on any atom is 0.313 e. The Bertz CT molecular complexity index is 900. The van der Waals surface area contributed by atoms with E-state index in [9.17, 15) is 14.7 Å². The minimum atomic E-state index is -0.978. The van der Waals surface area contributed by atoms with Gasteiger partial charge in [0.2, 0.25) is 6.79 Å². The van der Waals surface area contributed by atoms with Crippen molar-refractivity contribution >= 4 is 23.5 Å². The van der Waals surface area contributed by atoms with Crippen LogP contribution in [0.25, 0.3) is 0 Å². The molecule has 2 aromatic carbocycles. The van der Waals surface area contributed by atoms with E-state index in [2.05, 4.69) is 0 Å². The minimum Gasteiger partial charge on any atom is -0.481 e. The van der Waals surface area contributed by atoms with Crippen LogP contribution < -0.4 is 9.47 Å². The number of carboxylic acid groups (broad SMARTS) is 1. The van der Waals surface area contributed by atoms with Crippen molar-refractivity contribution in [1.29, 1.82) is 0 Å². The van der Waals surface area contributed by atoms with Crippen molar-refractivity contribution < 1.29 is 24.2 Å². The van der Waals surface area contributed by atoms with Gasteiger partial charge >= 0.3 is 5.97 Å². The van der Waals surface area contributed by atoms with Crippen molar-refractivity contribution in [3.05, 3.63) is 59.2 Å². The Labute approximate surface area is 161 Å². The van der Waals surface area contributed by atoms with Gasteiger partial charge in [-0.25, -0.2) is 0 Å². The largest absolute Gasteiger partial charge is 0.481 e. The maximum atomic E-state index is 13.1. The molecule has 7 heteroatoms. The van der Waals surface area contributed by atoms with E-state index in [0.717, 1.165) is 0 Å². The van der Waals surface area contributed by atoms with Gasteiger partial charge in [-0.05, 0) is 35.7 Å². The number of fused-ring (bicyclic) bond motifs is 2. The number of hydrogen-bond acceptors (Lipinski definition) is 4. The van der Waals surface area contributed by atoms with E-state index in [4.69, 9.17) is 21.1 Å². The van der Waals surface area contributed by atoms with Gasteiger partial charge < -0.3 is 19.5 Å². The first-order valence-corrected chi connectivity index (χ1v) is 9.23. The molecule has 6 nitrogen and oxygen atoms in total. The molecule has 4 rings (SSSR count). The second kappa shape index (κ2) is 7.12. The predicted molar refractivity (Wildman–Crippen MR) is 98.5 cm³/mol. The molecule has 0 radical (unpaired) electrons. The molecule has 0 fully saturated rings. The summed E-state index contributed by atoms with van der Waals surface area (Å²) >= 11 is 5.85. The summed E-state index contributed by atoms with van der Waals surface area (Å²) in [7, 11) is 0. The number of nitrogens with zero attached hydrogens (tertiary/aromatic N) is 1. The van der Waals surface area contributed by atoms with Crippen LogP contribution in [0.5, 0.6) is 11.5 Å². The summed E-state index contributed by atoms with van der Waals surface area (Å²) in [6.07, 6.45) is 0.572. The molecule has 140 valence electrons. The van der Waals surface area contributed by atoms with Crippen molar-refractivity contribution in [3.63, 3.8) is 0 Å².